The van der Waals surface area contributed by atoms with Crippen LogP contribution >= 0.6 is 0 Å². The van der Waals surface area contributed by atoms with Crippen LogP contribution in [0.4, 0.5) is 4.79 Å². The van der Waals surface area contributed by atoms with Crippen LogP contribution in [0.2, 0.25) is 0 Å². The summed E-state index contributed by atoms with van der Waals surface area (Å²) in [6.45, 7) is 14.1. The summed E-state index contributed by atoms with van der Waals surface area (Å²) in [6.07, 6.45) is 1.34. The third kappa shape index (κ3) is 6.06. The molecule has 1 heterocycles. The highest BCUT2D eigenvalue weighted by Crippen LogP contribution is 2.30. The summed E-state index contributed by atoms with van der Waals surface area (Å²) in [4.78, 5) is 29.0. The number of benzene rings is 1. The lowest BCUT2D eigenvalue weighted by molar-refractivity contribution is -0.146. The van der Waals surface area contributed by atoms with Gasteiger partial charge in [-0.1, -0.05) is 18.2 Å². The smallest absolute Gasteiger partial charge is 0.419 e. The van der Waals surface area contributed by atoms with Crippen LogP contribution in [0, 0.1) is 6.57 Å². The van der Waals surface area contributed by atoms with Crippen LogP contribution in [-0.4, -0.2) is 61.8 Å². The van der Waals surface area contributed by atoms with E-state index < -0.39 is 23.2 Å². The first kappa shape index (κ1) is 24.4. The molecule has 1 unspecified atom stereocenters. The molecular weight excluding hydrogens is 400 g/mol. The van der Waals surface area contributed by atoms with Crippen molar-refractivity contribution in [2.75, 3.05) is 34.0 Å². The summed E-state index contributed by atoms with van der Waals surface area (Å²) >= 11 is 0. The van der Waals surface area contributed by atoms with E-state index in [1.807, 2.05) is 18.2 Å². The third-order valence-corrected chi connectivity index (χ3v) is 4.74. The third-order valence-electron chi connectivity index (χ3n) is 4.74. The van der Waals surface area contributed by atoms with Gasteiger partial charge in [0.1, 0.15) is 5.60 Å². The number of carbonyl (C=O) groups excluding carboxylic acids is 2. The maximum atomic E-state index is 12.7. The molecule has 0 N–H and O–H groups in total. The van der Waals surface area contributed by atoms with Gasteiger partial charge in [0, 0.05) is 18.7 Å². The number of hydrogen-bond donors (Lipinski definition) is 0. The number of aromatic nitrogens is 1. The Labute approximate surface area is 182 Å². The van der Waals surface area contributed by atoms with Crippen LogP contribution < -0.4 is 0 Å². The normalized spacial score (nSPS) is 13.4. The Morgan fingerprint density at radius 1 is 1.10 bits per heavy atom. The van der Waals surface area contributed by atoms with Crippen molar-refractivity contribution in [3.63, 3.8) is 0 Å². The summed E-state index contributed by atoms with van der Waals surface area (Å²) < 4.78 is 22.3. The highest BCUT2D eigenvalue weighted by molar-refractivity contribution is 5.93. The SMILES string of the molecule is [C-]#[N+]C(CCOCCOC)(Cc1cn(C(=O)OC(C)(C)C)c2ccccc12)C(=O)OC. The fourth-order valence-corrected chi connectivity index (χ4v) is 3.25. The molecule has 2 rings (SSSR count). The van der Waals surface area contributed by atoms with Crippen LogP contribution in [0.5, 0.6) is 0 Å². The molecule has 0 radical (unpaired) electrons. The van der Waals surface area contributed by atoms with Gasteiger partial charge in [-0.05, 0) is 32.4 Å². The topological polar surface area (TPSA) is 80.4 Å². The highest BCUT2D eigenvalue weighted by atomic mass is 16.6. The lowest BCUT2D eigenvalue weighted by Crippen LogP contribution is -2.40. The van der Waals surface area contributed by atoms with E-state index in [0.717, 1.165) is 5.39 Å². The lowest BCUT2D eigenvalue weighted by Gasteiger charge is -2.20. The van der Waals surface area contributed by atoms with Gasteiger partial charge in [-0.3, -0.25) is 9.41 Å². The fraction of sp³-hybridized carbons (Fsp3) is 0.522. The highest BCUT2D eigenvalue weighted by Gasteiger charge is 2.47. The number of rotatable bonds is 9. The molecule has 0 aliphatic carbocycles. The summed E-state index contributed by atoms with van der Waals surface area (Å²) in [5.41, 5.74) is -0.800. The van der Waals surface area contributed by atoms with Crippen molar-refractivity contribution >= 4 is 23.0 Å². The first-order valence-electron chi connectivity index (χ1n) is 10.0. The number of fused-ring (bicyclic) bond motifs is 1. The van der Waals surface area contributed by atoms with Crippen LogP contribution in [-0.2, 0) is 30.2 Å². The van der Waals surface area contributed by atoms with Crippen LogP contribution in [0.1, 0.15) is 32.8 Å². The molecule has 8 heteroatoms. The van der Waals surface area contributed by atoms with E-state index in [-0.39, 0.29) is 19.4 Å². The van der Waals surface area contributed by atoms with Gasteiger partial charge >= 0.3 is 17.6 Å². The summed E-state index contributed by atoms with van der Waals surface area (Å²) in [5.74, 6) is -0.632. The second-order valence-corrected chi connectivity index (χ2v) is 8.19. The van der Waals surface area contributed by atoms with E-state index in [1.54, 1.807) is 40.1 Å². The van der Waals surface area contributed by atoms with Gasteiger partial charge in [0.2, 0.25) is 0 Å². The molecule has 0 aliphatic rings. The van der Waals surface area contributed by atoms with Crippen molar-refractivity contribution in [2.45, 2.75) is 44.8 Å². The van der Waals surface area contributed by atoms with E-state index in [2.05, 4.69) is 4.85 Å². The van der Waals surface area contributed by atoms with Crippen LogP contribution in [0.25, 0.3) is 15.7 Å². The second kappa shape index (κ2) is 10.4. The Kier molecular flexibility index (Phi) is 8.20. The molecule has 2 aromatic rings. The summed E-state index contributed by atoms with van der Waals surface area (Å²) in [7, 11) is 2.83. The monoisotopic (exact) mass is 430 g/mol. The molecule has 1 atom stereocenters. The second-order valence-electron chi connectivity index (χ2n) is 8.19. The quantitative estimate of drug-likeness (QED) is 0.342. The van der Waals surface area contributed by atoms with Gasteiger partial charge < -0.3 is 18.9 Å². The number of carbonyl (C=O) groups is 2. The van der Waals surface area contributed by atoms with E-state index in [9.17, 15) is 9.59 Å². The van der Waals surface area contributed by atoms with E-state index >= 15 is 0 Å². The molecule has 1 aromatic carbocycles. The molecule has 0 saturated carbocycles. The molecular formula is C23H30N2O6. The number of nitrogens with zero attached hydrogens (tertiary/aromatic N) is 2. The average Bonchev–Trinajstić information content (AvgIpc) is 3.09. The van der Waals surface area contributed by atoms with E-state index in [4.69, 9.17) is 25.5 Å². The van der Waals surface area contributed by atoms with Gasteiger partial charge in [-0.2, -0.15) is 0 Å². The molecule has 0 bridgehead atoms. The summed E-state index contributed by atoms with van der Waals surface area (Å²) in [5, 5.41) is 0.769. The first-order chi connectivity index (χ1) is 14.7. The molecule has 8 nitrogen and oxygen atoms in total. The van der Waals surface area contributed by atoms with E-state index in [0.29, 0.717) is 24.3 Å². The zero-order valence-electron chi connectivity index (χ0n) is 18.8. The van der Waals surface area contributed by atoms with Crippen molar-refractivity contribution in [3.05, 3.63) is 47.4 Å². The summed E-state index contributed by atoms with van der Waals surface area (Å²) in [6, 6.07) is 7.32. The average molecular weight is 431 g/mol. The number of para-hydroxylation sites is 1. The lowest BCUT2D eigenvalue weighted by atomic mass is 9.88. The molecule has 0 aliphatic heterocycles. The maximum absolute atomic E-state index is 12.7. The zero-order chi connectivity index (χ0) is 23.1. The Morgan fingerprint density at radius 3 is 2.42 bits per heavy atom. The molecule has 0 amide bonds. The minimum Gasteiger partial charge on any atom is -0.463 e. The Morgan fingerprint density at radius 2 is 1.81 bits per heavy atom. The molecule has 0 fully saturated rings. The molecule has 0 saturated heterocycles. The van der Waals surface area contributed by atoms with Crippen molar-refractivity contribution in [1.82, 2.24) is 4.57 Å². The standard InChI is InChI=1S/C23H30N2O6/c1-22(2,3)31-21(27)25-16-17(18-9-7-8-10-19(18)25)15-23(24-4,20(26)29-6)11-12-30-14-13-28-5/h7-10,16H,11-15H2,1-3,5-6H3. The number of methoxy groups -OCH3 is 2. The van der Waals surface area contributed by atoms with Gasteiger partial charge in [0.15, 0.2) is 0 Å². The van der Waals surface area contributed by atoms with Crippen molar-refractivity contribution < 1.29 is 28.5 Å². The van der Waals surface area contributed by atoms with Gasteiger partial charge in [0.05, 0.1) is 45.3 Å². The Balaban J connectivity index is 2.40. The number of ether oxygens (including phenoxy) is 4. The van der Waals surface area contributed by atoms with Gasteiger partial charge in [0.25, 0.3) is 0 Å². The minimum absolute atomic E-state index is 0.0765. The van der Waals surface area contributed by atoms with Crippen molar-refractivity contribution in [1.29, 1.82) is 0 Å². The Hall–Kier alpha value is -2.89. The molecule has 1 aromatic heterocycles. The number of hydrogen-bond acceptors (Lipinski definition) is 6. The van der Waals surface area contributed by atoms with Crippen molar-refractivity contribution in [3.8, 4) is 0 Å². The van der Waals surface area contributed by atoms with Crippen molar-refractivity contribution in [2.24, 2.45) is 0 Å². The van der Waals surface area contributed by atoms with Gasteiger partial charge in [-0.15, -0.1) is 0 Å². The largest absolute Gasteiger partial charge is 0.463 e. The predicted octanol–water partition coefficient (Wildman–Crippen LogP) is 3.85. The molecule has 0 spiro atoms. The molecule has 168 valence electrons. The van der Waals surface area contributed by atoms with Crippen LogP contribution in [0.15, 0.2) is 30.5 Å². The molecule has 31 heavy (non-hydrogen) atoms. The fourth-order valence-electron chi connectivity index (χ4n) is 3.25. The minimum atomic E-state index is -1.47. The van der Waals surface area contributed by atoms with E-state index in [1.165, 1.54) is 11.7 Å². The maximum Gasteiger partial charge on any atom is 0.419 e. The van der Waals surface area contributed by atoms with Crippen LogP contribution in [0.3, 0.4) is 0 Å². The number of esters is 1. The van der Waals surface area contributed by atoms with Gasteiger partial charge in [-0.25, -0.2) is 16.2 Å². The first-order valence-corrected chi connectivity index (χ1v) is 10.0. The Bertz CT molecular complexity index is 953. The zero-order valence-corrected chi connectivity index (χ0v) is 18.8. The predicted molar refractivity (Wildman–Crippen MR) is 116 cm³/mol.